The van der Waals surface area contributed by atoms with Crippen LogP contribution in [0.3, 0.4) is 0 Å². The highest BCUT2D eigenvalue weighted by Crippen LogP contribution is 2.22. The summed E-state index contributed by atoms with van der Waals surface area (Å²) in [7, 11) is 0. The average molecular weight is 249 g/mol. The van der Waals surface area contributed by atoms with Crippen LogP contribution in [0.2, 0.25) is 0 Å². The van der Waals surface area contributed by atoms with Gasteiger partial charge in [0.25, 0.3) is 0 Å². The molecule has 1 heterocycles. The lowest BCUT2D eigenvalue weighted by molar-refractivity contribution is -0.150. The molecule has 18 heavy (non-hydrogen) atoms. The molecule has 0 aliphatic carbocycles. The van der Waals surface area contributed by atoms with Gasteiger partial charge in [-0.2, -0.15) is 0 Å². The number of hydrogen-bond donors (Lipinski definition) is 1. The van der Waals surface area contributed by atoms with Gasteiger partial charge in [-0.05, 0) is 26.3 Å². The second-order valence-corrected chi connectivity index (χ2v) is 5.84. The van der Waals surface area contributed by atoms with Gasteiger partial charge in [-0.25, -0.2) is 0 Å². The van der Waals surface area contributed by atoms with Crippen LogP contribution in [0.5, 0.6) is 0 Å². The van der Waals surface area contributed by atoms with E-state index in [4.69, 9.17) is 4.74 Å². The highest BCUT2D eigenvalue weighted by molar-refractivity contribution is 5.22. The smallest absolute Gasteiger partial charge is 0.0940 e. The molecule has 100 valence electrons. The van der Waals surface area contributed by atoms with Crippen LogP contribution in [0.15, 0.2) is 24.3 Å². The lowest BCUT2D eigenvalue weighted by Crippen LogP contribution is -2.53. The lowest BCUT2D eigenvalue weighted by Gasteiger charge is -2.42. The second-order valence-electron chi connectivity index (χ2n) is 5.84. The highest BCUT2D eigenvalue weighted by Gasteiger charge is 2.32. The van der Waals surface area contributed by atoms with Crippen molar-refractivity contribution in [3.8, 4) is 0 Å². The van der Waals surface area contributed by atoms with Crippen LogP contribution >= 0.6 is 0 Å². The van der Waals surface area contributed by atoms with Crippen molar-refractivity contribution in [2.75, 3.05) is 19.7 Å². The molecule has 1 aliphatic heterocycles. The van der Waals surface area contributed by atoms with Crippen LogP contribution in [0.25, 0.3) is 0 Å². The van der Waals surface area contributed by atoms with Gasteiger partial charge in [-0.1, -0.05) is 29.8 Å². The number of benzene rings is 1. The number of aliphatic hydroxyl groups excluding tert-OH is 1. The molecule has 1 aliphatic rings. The summed E-state index contributed by atoms with van der Waals surface area (Å²) < 4.78 is 5.82. The monoisotopic (exact) mass is 249 g/mol. The summed E-state index contributed by atoms with van der Waals surface area (Å²) in [5, 5.41) is 9.30. The van der Waals surface area contributed by atoms with Crippen LogP contribution in [-0.2, 0) is 11.3 Å². The second kappa shape index (κ2) is 5.39. The van der Waals surface area contributed by atoms with Gasteiger partial charge in [0, 0.05) is 19.6 Å². The predicted molar refractivity (Wildman–Crippen MR) is 72.5 cm³/mol. The van der Waals surface area contributed by atoms with Crippen LogP contribution < -0.4 is 0 Å². The molecule has 0 spiro atoms. The van der Waals surface area contributed by atoms with Gasteiger partial charge in [0.05, 0.1) is 18.3 Å². The summed E-state index contributed by atoms with van der Waals surface area (Å²) in [5.74, 6) is 0. The van der Waals surface area contributed by atoms with E-state index in [2.05, 4.69) is 49.9 Å². The molecule has 1 saturated heterocycles. The Balaban J connectivity index is 2.04. The van der Waals surface area contributed by atoms with E-state index in [1.165, 1.54) is 11.1 Å². The van der Waals surface area contributed by atoms with Gasteiger partial charge in [0.2, 0.25) is 0 Å². The highest BCUT2D eigenvalue weighted by atomic mass is 16.5. The van der Waals surface area contributed by atoms with Crippen molar-refractivity contribution < 1.29 is 9.84 Å². The quantitative estimate of drug-likeness (QED) is 0.889. The van der Waals surface area contributed by atoms with Gasteiger partial charge < -0.3 is 9.84 Å². The molecule has 1 fully saturated rings. The maximum absolute atomic E-state index is 9.30. The minimum Gasteiger partial charge on any atom is -0.394 e. The third-order valence-electron chi connectivity index (χ3n) is 3.24. The molecule has 1 atom stereocenters. The van der Waals surface area contributed by atoms with Crippen molar-refractivity contribution in [1.82, 2.24) is 4.90 Å². The zero-order valence-electron chi connectivity index (χ0n) is 11.5. The first kappa shape index (κ1) is 13.5. The van der Waals surface area contributed by atoms with Gasteiger partial charge in [-0.3, -0.25) is 4.90 Å². The van der Waals surface area contributed by atoms with Crippen molar-refractivity contribution >= 4 is 0 Å². The Bertz CT molecular complexity index is 403. The fourth-order valence-corrected chi connectivity index (χ4v) is 2.70. The van der Waals surface area contributed by atoms with E-state index in [-0.39, 0.29) is 18.3 Å². The zero-order chi connectivity index (χ0) is 13.2. The van der Waals surface area contributed by atoms with Gasteiger partial charge in [-0.15, -0.1) is 0 Å². The van der Waals surface area contributed by atoms with E-state index in [9.17, 15) is 5.11 Å². The molecule has 1 aromatic carbocycles. The molecule has 1 unspecified atom stereocenters. The van der Waals surface area contributed by atoms with Crippen LogP contribution in [-0.4, -0.2) is 41.4 Å². The van der Waals surface area contributed by atoms with Gasteiger partial charge in [0.1, 0.15) is 0 Å². The van der Waals surface area contributed by atoms with Gasteiger partial charge in [0.15, 0.2) is 0 Å². The van der Waals surface area contributed by atoms with E-state index < -0.39 is 0 Å². The van der Waals surface area contributed by atoms with Crippen LogP contribution in [0, 0.1) is 6.92 Å². The van der Waals surface area contributed by atoms with Crippen molar-refractivity contribution in [2.24, 2.45) is 0 Å². The Kier molecular flexibility index (Phi) is 4.05. The summed E-state index contributed by atoms with van der Waals surface area (Å²) >= 11 is 0. The fraction of sp³-hybridized carbons (Fsp3) is 0.600. The molecule has 0 amide bonds. The molecule has 1 N–H and O–H groups in total. The summed E-state index contributed by atoms with van der Waals surface area (Å²) in [4.78, 5) is 2.36. The maximum Gasteiger partial charge on any atom is 0.0940 e. The molecule has 3 heteroatoms. The number of aliphatic hydroxyl groups is 1. The summed E-state index contributed by atoms with van der Waals surface area (Å²) in [6.45, 7) is 8.99. The number of nitrogens with zero attached hydrogens (tertiary/aromatic N) is 1. The third-order valence-corrected chi connectivity index (χ3v) is 3.24. The van der Waals surface area contributed by atoms with E-state index in [1.54, 1.807) is 0 Å². The molecule has 3 nitrogen and oxygen atoms in total. The third kappa shape index (κ3) is 3.55. The largest absolute Gasteiger partial charge is 0.394 e. The first-order chi connectivity index (χ1) is 8.48. The van der Waals surface area contributed by atoms with Crippen molar-refractivity contribution in [3.05, 3.63) is 35.4 Å². The van der Waals surface area contributed by atoms with Gasteiger partial charge >= 0.3 is 0 Å². The number of ether oxygens (including phenoxy) is 1. The number of morpholine rings is 1. The SMILES string of the molecule is Cc1cccc(CN2CC(CO)OC(C)(C)C2)c1. The minimum atomic E-state index is -0.185. The maximum atomic E-state index is 9.30. The average Bonchev–Trinajstić information content (AvgIpc) is 2.26. The molecule has 0 radical (unpaired) electrons. The normalized spacial score (nSPS) is 24.1. The fourth-order valence-electron chi connectivity index (χ4n) is 2.70. The summed E-state index contributed by atoms with van der Waals surface area (Å²) in [6, 6.07) is 8.59. The molecular weight excluding hydrogens is 226 g/mol. The van der Waals surface area contributed by atoms with Crippen molar-refractivity contribution in [2.45, 2.75) is 39.0 Å². The molecule has 0 saturated carbocycles. The molecule has 0 aromatic heterocycles. The Morgan fingerprint density at radius 2 is 2.22 bits per heavy atom. The van der Waals surface area contributed by atoms with Crippen molar-refractivity contribution in [3.63, 3.8) is 0 Å². The van der Waals surface area contributed by atoms with Crippen molar-refractivity contribution in [1.29, 1.82) is 0 Å². The first-order valence-electron chi connectivity index (χ1n) is 6.55. The zero-order valence-corrected chi connectivity index (χ0v) is 11.5. The minimum absolute atomic E-state index is 0.0708. The predicted octanol–water partition coefficient (Wildman–Crippen LogP) is 1.97. The molecule has 0 bridgehead atoms. The number of hydrogen-bond acceptors (Lipinski definition) is 3. The van der Waals surface area contributed by atoms with E-state index in [0.717, 1.165) is 19.6 Å². The number of rotatable bonds is 3. The molecule has 2 rings (SSSR count). The Morgan fingerprint density at radius 1 is 1.44 bits per heavy atom. The molecular formula is C15H23NO2. The Labute approximate surface area is 109 Å². The van der Waals surface area contributed by atoms with E-state index >= 15 is 0 Å². The Morgan fingerprint density at radius 3 is 2.89 bits per heavy atom. The number of aryl methyl sites for hydroxylation is 1. The van der Waals surface area contributed by atoms with E-state index in [0.29, 0.717) is 0 Å². The first-order valence-corrected chi connectivity index (χ1v) is 6.55. The summed E-state index contributed by atoms with van der Waals surface area (Å²) in [6.07, 6.45) is -0.0708. The van der Waals surface area contributed by atoms with Crippen LogP contribution in [0.4, 0.5) is 0 Å². The topological polar surface area (TPSA) is 32.7 Å². The van der Waals surface area contributed by atoms with Crippen LogP contribution in [0.1, 0.15) is 25.0 Å². The Hall–Kier alpha value is -0.900. The molecule has 1 aromatic rings. The standard InChI is InChI=1S/C15H23NO2/c1-12-5-4-6-13(7-12)8-16-9-14(10-17)18-15(2,3)11-16/h4-7,14,17H,8-11H2,1-3H3. The van der Waals surface area contributed by atoms with E-state index in [1.807, 2.05) is 0 Å². The summed E-state index contributed by atoms with van der Waals surface area (Å²) in [5.41, 5.74) is 2.43. The lowest BCUT2D eigenvalue weighted by atomic mass is 10.0.